The lowest BCUT2D eigenvalue weighted by Gasteiger charge is -2.16. The van der Waals surface area contributed by atoms with Crippen LogP contribution in [0.25, 0.3) is 0 Å². The van der Waals surface area contributed by atoms with Crippen molar-refractivity contribution in [1.29, 1.82) is 0 Å². The van der Waals surface area contributed by atoms with Gasteiger partial charge in [0.1, 0.15) is 0 Å². The number of nitrogens with one attached hydrogen (secondary N) is 1. The summed E-state index contributed by atoms with van der Waals surface area (Å²) in [4.78, 5) is 12.0. The molecule has 0 unspecified atom stereocenters. The van der Waals surface area contributed by atoms with Gasteiger partial charge in [-0.3, -0.25) is 10.1 Å². The van der Waals surface area contributed by atoms with Gasteiger partial charge in [0, 0.05) is 20.0 Å². The van der Waals surface area contributed by atoms with E-state index in [0.717, 1.165) is 0 Å². The first kappa shape index (κ1) is 6.51. The van der Waals surface area contributed by atoms with Crippen molar-refractivity contribution in [3.05, 3.63) is 0 Å². The lowest BCUT2D eigenvalue weighted by molar-refractivity contribution is -0.136. The molecule has 0 aromatic rings. The minimum atomic E-state index is -0.762. The van der Waals surface area contributed by atoms with Gasteiger partial charge in [-0.25, -0.2) is 0 Å². The predicted molar refractivity (Wildman–Crippen MR) is 31.4 cm³/mol. The number of carbonyl (C=O) groups is 1. The average molecular weight is 130 g/mol. The maximum atomic E-state index is 10.6. The largest absolute Gasteiger partial charge is 0.361 e. The Morgan fingerprint density at radius 3 is 2.78 bits per heavy atom. The Bertz CT molecular complexity index is 126. The van der Waals surface area contributed by atoms with Crippen molar-refractivity contribution < 1.29 is 9.90 Å². The monoisotopic (exact) mass is 130 g/mol. The normalized spacial score (nSPS) is 26.9. The maximum absolute atomic E-state index is 10.6. The molecular formula is C5H10N2O2. The van der Waals surface area contributed by atoms with Crippen LogP contribution in [0.5, 0.6) is 0 Å². The van der Waals surface area contributed by atoms with Crippen molar-refractivity contribution in [3.63, 3.8) is 0 Å². The van der Waals surface area contributed by atoms with Gasteiger partial charge in [-0.15, -0.1) is 0 Å². The molecule has 1 aliphatic heterocycles. The smallest absolute Gasteiger partial charge is 0.222 e. The van der Waals surface area contributed by atoms with Crippen LogP contribution in [0.1, 0.15) is 6.92 Å². The minimum Gasteiger partial charge on any atom is -0.361 e. The van der Waals surface area contributed by atoms with Crippen molar-refractivity contribution in [2.24, 2.45) is 0 Å². The van der Waals surface area contributed by atoms with Crippen molar-refractivity contribution >= 4 is 5.91 Å². The number of rotatable bonds is 0. The molecule has 1 aliphatic rings. The molecule has 0 spiro atoms. The van der Waals surface area contributed by atoms with Crippen LogP contribution in [-0.2, 0) is 4.79 Å². The molecule has 2 N–H and O–H groups in total. The van der Waals surface area contributed by atoms with Crippen molar-refractivity contribution in [2.45, 2.75) is 13.3 Å². The molecule has 4 heteroatoms. The van der Waals surface area contributed by atoms with E-state index in [9.17, 15) is 4.79 Å². The van der Waals surface area contributed by atoms with Gasteiger partial charge in [-0.1, -0.05) is 0 Å². The van der Waals surface area contributed by atoms with Crippen LogP contribution < -0.4 is 5.32 Å². The Labute approximate surface area is 53.5 Å². The van der Waals surface area contributed by atoms with Gasteiger partial charge in [0.2, 0.25) is 5.91 Å². The highest BCUT2D eigenvalue weighted by Crippen LogP contribution is 1.98. The van der Waals surface area contributed by atoms with Crippen molar-refractivity contribution in [3.8, 4) is 0 Å². The Hall–Kier alpha value is -0.610. The highest BCUT2D eigenvalue weighted by molar-refractivity contribution is 5.73. The Kier molecular flexibility index (Phi) is 1.68. The molecule has 4 nitrogen and oxygen atoms in total. The summed E-state index contributed by atoms with van der Waals surface area (Å²) in [6.45, 7) is 2.73. The Morgan fingerprint density at radius 1 is 1.89 bits per heavy atom. The van der Waals surface area contributed by atoms with E-state index in [-0.39, 0.29) is 5.91 Å². The Morgan fingerprint density at radius 2 is 2.56 bits per heavy atom. The van der Waals surface area contributed by atoms with Crippen LogP contribution in [0, 0.1) is 0 Å². The zero-order valence-corrected chi connectivity index (χ0v) is 5.29. The highest BCUT2D eigenvalue weighted by Gasteiger charge is 2.22. The molecule has 52 valence electrons. The van der Waals surface area contributed by atoms with Gasteiger partial charge in [0.15, 0.2) is 6.35 Å². The van der Waals surface area contributed by atoms with Crippen LogP contribution in [0.15, 0.2) is 0 Å². The van der Waals surface area contributed by atoms with Gasteiger partial charge >= 0.3 is 0 Å². The first-order valence-corrected chi connectivity index (χ1v) is 2.90. The van der Waals surface area contributed by atoms with Crippen LogP contribution in [0.3, 0.4) is 0 Å². The molecule has 1 amide bonds. The van der Waals surface area contributed by atoms with E-state index in [4.69, 9.17) is 5.11 Å². The van der Waals surface area contributed by atoms with Gasteiger partial charge in [-0.05, 0) is 0 Å². The van der Waals surface area contributed by atoms with Crippen LogP contribution in [0.4, 0.5) is 0 Å². The molecule has 1 rings (SSSR count). The number of aliphatic hydroxyl groups is 1. The molecule has 1 fully saturated rings. The van der Waals surface area contributed by atoms with Crippen LogP contribution >= 0.6 is 0 Å². The summed E-state index contributed by atoms with van der Waals surface area (Å²) in [6, 6.07) is 0. The lowest BCUT2D eigenvalue weighted by atomic mass is 10.5. The third-order valence-electron chi connectivity index (χ3n) is 1.38. The summed E-state index contributed by atoms with van der Waals surface area (Å²) < 4.78 is 0. The number of amides is 1. The zero-order valence-electron chi connectivity index (χ0n) is 5.29. The van der Waals surface area contributed by atoms with E-state index >= 15 is 0 Å². The number of hydrogen-bond donors (Lipinski definition) is 2. The molecule has 1 saturated heterocycles. The van der Waals surface area contributed by atoms with E-state index in [1.165, 1.54) is 11.8 Å². The van der Waals surface area contributed by atoms with Gasteiger partial charge < -0.3 is 10.0 Å². The van der Waals surface area contributed by atoms with E-state index in [0.29, 0.717) is 13.1 Å². The first-order chi connectivity index (χ1) is 4.22. The van der Waals surface area contributed by atoms with Gasteiger partial charge in [0.25, 0.3) is 0 Å². The molecule has 0 aliphatic carbocycles. The molecule has 1 heterocycles. The molecule has 9 heavy (non-hydrogen) atoms. The second-order valence-electron chi connectivity index (χ2n) is 2.04. The molecule has 0 bridgehead atoms. The topological polar surface area (TPSA) is 52.6 Å². The van der Waals surface area contributed by atoms with E-state index in [2.05, 4.69) is 5.32 Å². The van der Waals surface area contributed by atoms with Crippen molar-refractivity contribution in [1.82, 2.24) is 10.2 Å². The number of carbonyl (C=O) groups excluding carboxylic acids is 1. The molecular weight excluding hydrogens is 120 g/mol. The standard InChI is InChI=1S/C5H10N2O2/c1-4(8)7-3-2-6-5(7)9/h5-6,9H,2-3H2,1H3/t5-/m0/s1. The molecule has 0 aromatic heterocycles. The Balaban J connectivity index is 2.49. The number of nitrogens with zero attached hydrogens (tertiary/aromatic N) is 1. The van der Waals surface area contributed by atoms with Crippen molar-refractivity contribution in [2.75, 3.05) is 13.1 Å². The van der Waals surface area contributed by atoms with Crippen LogP contribution in [-0.4, -0.2) is 35.4 Å². The van der Waals surface area contributed by atoms with Gasteiger partial charge in [0.05, 0.1) is 0 Å². The molecule has 0 saturated carbocycles. The maximum Gasteiger partial charge on any atom is 0.222 e. The summed E-state index contributed by atoms with van der Waals surface area (Å²) in [5.41, 5.74) is 0. The number of aliphatic hydroxyl groups excluding tert-OH is 1. The highest BCUT2D eigenvalue weighted by atomic mass is 16.3. The van der Waals surface area contributed by atoms with E-state index < -0.39 is 6.35 Å². The lowest BCUT2D eigenvalue weighted by Crippen LogP contribution is -2.38. The summed E-state index contributed by atoms with van der Waals surface area (Å²) in [7, 11) is 0. The SMILES string of the molecule is CC(=O)N1CCN[C@@H]1O. The molecule has 0 aromatic carbocycles. The first-order valence-electron chi connectivity index (χ1n) is 2.90. The minimum absolute atomic E-state index is 0.0903. The fourth-order valence-corrected chi connectivity index (χ4v) is 0.876. The second-order valence-corrected chi connectivity index (χ2v) is 2.04. The fraction of sp³-hybridized carbons (Fsp3) is 0.800. The second kappa shape index (κ2) is 2.33. The number of hydrogen-bond acceptors (Lipinski definition) is 3. The summed E-state index contributed by atoms with van der Waals surface area (Å²) in [5, 5.41) is 11.7. The third kappa shape index (κ3) is 1.20. The zero-order chi connectivity index (χ0) is 6.85. The average Bonchev–Trinajstić information content (AvgIpc) is 2.13. The third-order valence-corrected chi connectivity index (χ3v) is 1.38. The molecule has 0 radical (unpaired) electrons. The summed E-state index contributed by atoms with van der Waals surface area (Å²) in [6.07, 6.45) is -0.762. The fourth-order valence-electron chi connectivity index (χ4n) is 0.876. The predicted octanol–water partition coefficient (Wildman–Crippen LogP) is -1.29. The van der Waals surface area contributed by atoms with Crippen LogP contribution in [0.2, 0.25) is 0 Å². The van der Waals surface area contributed by atoms with Gasteiger partial charge in [-0.2, -0.15) is 0 Å². The molecule has 1 atom stereocenters. The quantitative estimate of drug-likeness (QED) is 0.429. The summed E-state index contributed by atoms with van der Waals surface area (Å²) >= 11 is 0. The van der Waals surface area contributed by atoms with E-state index in [1.807, 2.05) is 0 Å². The van der Waals surface area contributed by atoms with E-state index in [1.54, 1.807) is 0 Å². The summed E-state index contributed by atoms with van der Waals surface area (Å²) in [5.74, 6) is -0.0903.